The van der Waals surface area contributed by atoms with E-state index in [1.165, 1.54) is 3.97 Å². The van der Waals surface area contributed by atoms with Crippen LogP contribution in [0.25, 0.3) is 11.3 Å². The van der Waals surface area contributed by atoms with Crippen LogP contribution in [0.3, 0.4) is 0 Å². The zero-order chi connectivity index (χ0) is 17.2. The summed E-state index contributed by atoms with van der Waals surface area (Å²) in [7, 11) is -1.81. The summed E-state index contributed by atoms with van der Waals surface area (Å²) in [5.74, 6) is 0. The molecule has 0 bridgehead atoms. The van der Waals surface area contributed by atoms with Gasteiger partial charge in [0.15, 0.2) is 0 Å². The summed E-state index contributed by atoms with van der Waals surface area (Å²) < 4.78 is 27.8. The van der Waals surface area contributed by atoms with E-state index in [1.807, 2.05) is 62.5 Å². The van der Waals surface area contributed by atoms with Gasteiger partial charge in [0.05, 0.1) is 10.6 Å². The van der Waals surface area contributed by atoms with Crippen LogP contribution in [0.15, 0.2) is 71.8 Å². The Balaban J connectivity index is 0.00000225. The maximum atomic E-state index is 13.2. The highest BCUT2D eigenvalue weighted by Gasteiger charge is 2.23. The van der Waals surface area contributed by atoms with E-state index >= 15 is 0 Å². The first-order valence-corrected chi connectivity index (χ1v) is 9.20. The third kappa shape index (κ3) is 3.79. The molecule has 0 aliphatic heterocycles. The smallest absolute Gasteiger partial charge is 0.268 e. The van der Waals surface area contributed by atoms with Crippen molar-refractivity contribution in [2.75, 3.05) is 7.05 Å². The summed E-state index contributed by atoms with van der Waals surface area (Å²) in [5, 5.41) is 3.07. The molecule has 0 aliphatic carbocycles. The van der Waals surface area contributed by atoms with Gasteiger partial charge in [-0.15, -0.1) is 12.4 Å². The minimum Gasteiger partial charge on any atom is -0.316 e. The van der Waals surface area contributed by atoms with Crippen molar-refractivity contribution in [3.63, 3.8) is 0 Å². The summed E-state index contributed by atoms with van der Waals surface area (Å²) in [4.78, 5) is 0.328. The molecule has 6 heteroatoms. The van der Waals surface area contributed by atoms with Crippen molar-refractivity contribution in [1.82, 2.24) is 9.29 Å². The Morgan fingerprint density at radius 3 is 2.28 bits per heavy atom. The fourth-order valence-electron chi connectivity index (χ4n) is 2.77. The highest BCUT2D eigenvalue weighted by Crippen LogP contribution is 2.28. The topological polar surface area (TPSA) is 51.1 Å². The van der Waals surface area contributed by atoms with Crippen LogP contribution in [0.1, 0.15) is 11.1 Å². The molecule has 0 aliphatic rings. The number of aryl methyl sites for hydroxylation is 1. The van der Waals surface area contributed by atoms with E-state index < -0.39 is 10.0 Å². The van der Waals surface area contributed by atoms with Crippen molar-refractivity contribution in [2.45, 2.75) is 18.4 Å². The maximum Gasteiger partial charge on any atom is 0.268 e. The molecule has 0 saturated heterocycles. The van der Waals surface area contributed by atoms with Crippen LogP contribution < -0.4 is 5.32 Å². The second-order valence-electron chi connectivity index (χ2n) is 5.70. The first kappa shape index (κ1) is 19.2. The van der Waals surface area contributed by atoms with E-state index in [-0.39, 0.29) is 12.4 Å². The Hall–Kier alpha value is -2.08. The predicted molar refractivity (Wildman–Crippen MR) is 104 cm³/mol. The number of benzene rings is 2. The first-order valence-electron chi connectivity index (χ1n) is 7.76. The van der Waals surface area contributed by atoms with E-state index in [1.54, 1.807) is 18.3 Å². The molecular weight excluding hydrogens is 356 g/mol. The molecule has 1 heterocycles. The largest absolute Gasteiger partial charge is 0.316 e. The third-order valence-electron chi connectivity index (χ3n) is 3.92. The monoisotopic (exact) mass is 376 g/mol. The number of aromatic nitrogens is 1. The lowest BCUT2D eigenvalue weighted by Crippen LogP contribution is -2.14. The predicted octanol–water partition coefficient (Wildman–Crippen LogP) is 3.84. The summed E-state index contributed by atoms with van der Waals surface area (Å²) in [5.41, 5.74) is 3.20. The zero-order valence-corrected chi connectivity index (χ0v) is 15.8. The van der Waals surface area contributed by atoms with E-state index in [0.29, 0.717) is 17.1 Å². The summed E-state index contributed by atoms with van der Waals surface area (Å²) >= 11 is 0. The first-order chi connectivity index (χ1) is 11.5. The van der Waals surface area contributed by atoms with E-state index in [2.05, 4.69) is 5.32 Å². The average molecular weight is 377 g/mol. The van der Waals surface area contributed by atoms with Crippen molar-refractivity contribution in [1.29, 1.82) is 0 Å². The molecule has 0 unspecified atom stereocenters. The molecule has 25 heavy (non-hydrogen) atoms. The van der Waals surface area contributed by atoms with Gasteiger partial charge in [-0.1, -0.05) is 48.5 Å². The maximum absolute atomic E-state index is 13.2. The van der Waals surface area contributed by atoms with Crippen molar-refractivity contribution in [3.8, 4) is 11.3 Å². The minimum atomic E-state index is -3.66. The average Bonchev–Trinajstić information content (AvgIpc) is 3.01. The van der Waals surface area contributed by atoms with Gasteiger partial charge in [0.2, 0.25) is 0 Å². The standard InChI is InChI=1S/C19H20N2O2S.ClH/c1-15-8-6-7-11-19(15)24(22,23)21-14-16(13-20-2)12-18(21)17-9-4-3-5-10-17;/h3-12,14,20H,13H2,1-2H3;1H. The Morgan fingerprint density at radius 1 is 1.00 bits per heavy atom. The molecule has 1 N–H and O–H groups in total. The molecule has 0 amide bonds. The van der Waals surface area contributed by atoms with Gasteiger partial charge >= 0.3 is 0 Å². The van der Waals surface area contributed by atoms with Crippen LogP contribution in [0.4, 0.5) is 0 Å². The minimum absolute atomic E-state index is 0. The van der Waals surface area contributed by atoms with E-state index in [9.17, 15) is 8.42 Å². The van der Waals surface area contributed by atoms with Gasteiger partial charge in [-0.2, -0.15) is 0 Å². The summed E-state index contributed by atoms with van der Waals surface area (Å²) in [6, 6.07) is 18.5. The van der Waals surface area contributed by atoms with Gasteiger partial charge in [0.1, 0.15) is 0 Å². The lowest BCUT2D eigenvalue weighted by Gasteiger charge is -2.12. The molecule has 132 valence electrons. The zero-order valence-electron chi connectivity index (χ0n) is 14.1. The van der Waals surface area contributed by atoms with E-state index in [4.69, 9.17) is 0 Å². The number of hydrogen-bond acceptors (Lipinski definition) is 3. The molecule has 0 radical (unpaired) electrons. The van der Waals surface area contributed by atoms with Crippen molar-refractivity contribution in [3.05, 3.63) is 78.0 Å². The normalized spacial score (nSPS) is 11.1. The van der Waals surface area contributed by atoms with Gasteiger partial charge in [0.25, 0.3) is 10.0 Å². The van der Waals surface area contributed by atoms with Gasteiger partial charge in [0, 0.05) is 12.7 Å². The van der Waals surface area contributed by atoms with E-state index in [0.717, 1.165) is 16.7 Å². The Labute approximate surface area is 155 Å². The second-order valence-corrected chi connectivity index (χ2v) is 7.48. The van der Waals surface area contributed by atoms with Gasteiger partial charge in [-0.25, -0.2) is 12.4 Å². The highest BCUT2D eigenvalue weighted by molar-refractivity contribution is 7.90. The Kier molecular flexibility index (Phi) is 6.06. The third-order valence-corrected chi connectivity index (χ3v) is 5.76. The van der Waals surface area contributed by atoms with Crippen LogP contribution in [0, 0.1) is 6.92 Å². The van der Waals surface area contributed by atoms with Crippen molar-refractivity contribution >= 4 is 22.4 Å². The van der Waals surface area contributed by atoms with Crippen LogP contribution in [0.2, 0.25) is 0 Å². The highest BCUT2D eigenvalue weighted by atomic mass is 35.5. The number of halogens is 1. The SMILES string of the molecule is CNCc1cc(-c2ccccc2)n(S(=O)(=O)c2ccccc2C)c1.Cl. The van der Waals surface area contributed by atoms with Crippen molar-refractivity contribution in [2.24, 2.45) is 0 Å². The molecule has 1 aromatic heterocycles. The lowest BCUT2D eigenvalue weighted by molar-refractivity contribution is 0.587. The van der Waals surface area contributed by atoms with Crippen LogP contribution in [-0.2, 0) is 16.6 Å². The van der Waals surface area contributed by atoms with Crippen molar-refractivity contribution < 1.29 is 8.42 Å². The fourth-order valence-corrected chi connectivity index (χ4v) is 4.40. The van der Waals surface area contributed by atoms with Gasteiger partial charge in [-0.3, -0.25) is 0 Å². The Bertz CT molecular complexity index is 951. The number of nitrogens with one attached hydrogen (secondary N) is 1. The second kappa shape index (κ2) is 7.87. The van der Waals surface area contributed by atoms with Crippen LogP contribution in [-0.4, -0.2) is 19.4 Å². The quantitative estimate of drug-likeness (QED) is 0.736. The number of rotatable bonds is 5. The molecular formula is C19H21ClN2O2S. The molecule has 0 spiro atoms. The molecule has 0 saturated carbocycles. The summed E-state index contributed by atoms with van der Waals surface area (Å²) in [6.07, 6.45) is 1.70. The summed E-state index contributed by atoms with van der Waals surface area (Å²) in [6.45, 7) is 2.42. The molecule has 3 aromatic rings. The number of hydrogen-bond donors (Lipinski definition) is 1. The molecule has 3 rings (SSSR count). The molecule has 4 nitrogen and oxygen atoms in total. The van der Waals surface area contributed by atoms with Gasteiger partial charge in [-0.05, 0) is 42.8 Å². The van der Waals surface area contributed by atoms with Gasteiger partial charge < -0.3 is 5.32 Å². The van der Waals surface area contributed by atoms with Crippen LogP contribution in [0.5, 0.6) is 0 Å². The fraction of sp³-hybridized carbons (Fsp3) is 0.158. The molecule has 0 atom stereocenters. The van der Waals surface area contributed by atoms with Crippen LogP contribution >= 0.6 is 12.4 Å². The molecule has 0 fully saturated rings. The molecule has 2 aromatic carbocycles. The number of nitrogens with zero attached hydrogens (tertiary/aromatic N) is 1. The Morgan fingerprint density at radius 2 is 1.64 bits per heavy atom. The lowest BCUT2D eigenvalue weighted by atomic mass is 10.1.